The van der Waals surface area contributed by atoms with Crippen LogP contribution in [0.25, 0.3) is 0 Å². The van der Waals surface area contributed by atoms with Crippen molar-refractivity contribution in [1.82, 2.24) is 0 Å². The molecular weight excluding hydrogens is 331 g/mol. The molecule has 1 atom stereocenters. The van der Waals surface area contributed by atoms with Crippen LogP contribution in [0.15, 0.2) is 66.4 Å². The number of carbonyl (C=O) groups is 1. The van der Waals surface area contributed by atoms with E-state index < -0.39 is 6.36 Å². The zero-order valence-electron chi connectivity index (χ0n) is 13.2. The quantitative estimate of drug-likeness (QED) is 0.843. The van der Waals surface area contributed by atoms with Crippen molar-refractivity contribution >= 4 is 11.5 Å². The summed E-state index contributed by atoms with van der Waals surface area (Å²) in [6, 6.07) is 15.2. The minimum absolute atomic E-state index is 0.0274. The fourth-order valence-corrected chi connectivity index (χ4v) is 2.87. The van der Waals surface area contributed by atoms with E-state index >= 15 is 0 Å². The summed E-state index contributed by atoms with van der Waals surface area (Å²) in [7, 11) is 0. The Balaban J connectivity index is 1.68. The van der Waals surface area contributed by atoms with Crippen molar-refractivity contribution in [2.24, 2.45) is 0 Å². The van der Waals surface area contributed by atoms with Crippen LogP contribution in [0.5, 0.6) is 5.75 Å². The Labute approximate surface area is 143 Å². The van der Waals surface area contributed by atoms with Gasteiger partial charge in [0, 0.05) is 23.9 Å². The normalized spacial score (nSPS) is 17.8. The Kier molecular flexibility index (Phi) is 4.79. The van der Waals surface area contributed by atoms with Crippen LogP contribution in [0.4, 0.5) is 18.9 Å². The van der Waals surface area contributed by atoms with Gasteiger partial charge in [0.25, 0.3) is 0 Å². The second-order valence-corrected chi connectivity index (χ2v) is 5.85. The number of ketones is 1. The predicted octanol–water partition coefficient (Wildman–Crippen LogP) is 5.03. The molecule has 0 bridgehead atoms. The van der Waals surface area contributed by atoms with E-state index in [1.165, 1.54) is 24.3 Å². The maximum atomic E-state index is 12.2. The van der Waals surface area contributed by atoms with Gasteiger partial charge in [0.15, 0.2) is 5.78 Å². The number of carbonyl (C=O) groups excluding carboxylic acids is 1. The van der Waals surface area contributed by atoms with E-state index in [4.69, 9.17) is 0 Å². The van der Waals surface area contributed by atoms with Gasteiger partial charge in [0.2, 0.25) is 0 Å². The molecule has 1 N–H and O–H groups in total. The molecule has 0 saturated carbocycles. The SMILES string of the molecule is O=C1C=C(Nc2ccc(OC(F)(F)F)cc2)CC(c2ccccc2)C1. The highest BCUT2D eigenvalue weighted by Gasteiger charge is 2.31. The number of benzene rings is 2. The fourth-order valence-electron chi connectivity index (χ4n) is 2.87. The molecule has 1 unspecified atom stereocenters. The largest absolute Gasteiger partial charge is 0.573 e. The van der Waals surface area contributed by atoms with Crippen LogP contribution in [0.1, 0.15) is 24.3 Å². The van der Waals surface area contributed by atoms with Crippen molar-refractivity contribution in [3.05, 3.63) is 71.9 Å². The highest BCUT2D eigenvalue weighted by atomic mass is 19.4. The molecule has 6 heteroatoms. The van der Waals surface area contributed by atoms with Crippen molar-refractivity contribution in [1.29, 1.82) is 0 Å². The third-order valence-corrected chi connectivity index (χ3v) is 3.91. The van der Waals surface area contributed by atoms with Crippen molar-refractivity contribution in [3.8, 4) is 5.75 Å². The number of rotatable bonds is 4. The lowest BCUT2D eigenvalue weighted by Gasteiger charge is -2.23. The average Bonchev–Trinajstić information content (AvgIpc) is 2.56. The number of ether oxygens (including phenoxy) is 1. The number of hydrogen-bond donors (Lipinski definition) is 1. The maximum absolute atomic E-state index is 12.2. The summed E-state index contributed by atoms with van der Waals surface area (Å²) in [5.41, 5.74) is 2.44. The number of allylic oxidation sites excluding steroid dienone is 2. The van der Waals surface area contributed by atoms with E-state index in [1.807, 2.05) is 30.3 Å². The first kappa shape index (κ1) is 17.1. The van der Waals surface area contributed by atoms with Crippen LogP contribution in [-0.2, 0) is 4.79 Å². The van der Waals surface area contributed by atoms with E-state index in [0.29, 0.717) is 18.5 Å². The number of alkyl halides is 3. The standard InChI is InChI=1S/C19H16F3NO2/c20-19(21,22)25-18-8-6-15(7-9-18)23-16-10-14(11-17(24)12-16)13-4-2-1-3-5-13/h1-9,12,14,23H,10-11H2. The Morgan fingerprint density at radius 2 is 1.64 bits per heavy atom. The summed E-state index contributed by atoms with van der Waals surface area (Å²) in [6.45, 7) is 0. The Bertz CT molecular complexity index is 768. The first-order chi connectivity index (χ1) is 11.9. The van der Waals surface area contributed by atoms with E-state index in [2.05, 4.69) is 10.1 Å². The highest BCUT2D eigenvalue weighted by molar-refractivity contribution is 5.92. The topological polar surface area (TPSA) is 38.3 Å². The summed E-state index contributed by atoms with van der Waals surface area (Å²) in [6.07, 6.45) is -2.04. The Morgan fingerprint density at radius 3 is 2.28 bits per heavy atom. The molecular formula is C19H16F3NO2. The molecule has 0 saturated heterocycles. The third-order valence-electron chi connectivity index (χ3n) is 3.91. The summed E-state index contributed by atoms with van der Waals surface area (Å²) in [5.74, 6) is -0.164. The highest BCUT2D eigenvalue weighted by Crippen LogP contribution is 2.32. The van der Waals surface area contributed by atoms with E-state index in [9.17, 15) is 18.0 Å². The van der Waals surface area contributed by atoms with Gasteiger partial charge in [-0.3, -0.25) is 4.79 Å². The van der Waals surface area contributed by atoms with E-state index in [0.717, 1.165) is 11.3 Å². The molecule has 0 fully saturated rings. The molecule has 0 amide bonds. The van der Waals surface area contributed by atoms with Gasteiger partial charge in [-0.2, -0.15) is 0 Å². The number of halogens is 3. The van der Waals surface area contributed by atoms with Crippen molar-refractivity contribution in [2.75, 3.05) is 5.32 Å². The van der Waals surface area contributed by atoms with Crippen LogP contribution < -0.4 is 10.1 Å². The fraction of sp³-hybridized carbons (Fsp3) is 0.211. The van der Waals surface area contributed by atoms with Crippen LogP contribution in [0, 0.1) is 0 Å². The molecule has 0 radical (unpaired) electrons. The Morgan fingerprint density at radius 1 is 0.960 bits per heavy atom. The zero-order chi connectivity index (χ0) is 17.9. The number of anilines is 1. The van der Waals surface area contributed by atoms with Crippen LogP contribution in [0.3, 0.4) is 0 Å². The first-order valence-corrected chi connectivity index (χ1v) is 7.80. The van der Waals surface area contributed by atoms with Gasteiger partial charge < -0.3 is 10.1 Å². The third kappa shape index (κ3) is 4.86. The van der Waals surface area contributed by atoms with Crippen LogP contribution in [0.2, 0.25) is 0 Å². The molecule has 0 aromatic heterocycles. The van der Waals surface area contributed by atoms with Crippen LogP contribution in [-0.4, -0.2) is 12.1 Å². The molecule has 0 aliphatic heterocycles. The number of nitrogens with one attached hydrogen (secondary N) is 1. The van der Waals surface area contributed by atoms with Gasteiger partial charge in [0.05, 0.1) is 0 Å². The minimum atomic E-state index is -4.71. The summed E-state index contributed by atoms with van der Waals surface area (Å²) in [5, 5.41) is 3.10. The van der Waals surface area contributed by atoms with Gasteiger partial charge >= 0.3 is 6.36 Å². The van der Waals surface area contributed by atoms with Gasteiger partial charge in [-0.25, -0.2) is 0 Å². The minimum Gasteiger partial charge on any atom is -0.406 e. The Hall–Kier alpha value is -2.76. The van der Waals surface area contributed by atoms with Crippen LogP contribution >= 0.6 is 0 Å². The second-order valence-electron chi connectivity index (χ2n) is 5.85. The molecule has 130 valence electrons. The molecule has 1 aliphatic carbocycles. The van der Waals surface area contributed by atoms with Gasteiger partial charge in [-0.15, -0.1) is 13.2 Å². The number of hydrogen-bond acceptors (Lipinski definition) is 3. The van der Waals surface area contributed by atoms with Crippen molar-refractivity contribution in [3.63, 3.8) is 0 Å². The van der Waals surface area contributed by atoms with Gasteiger partial charge in [-0.1, -0.05) is 30.3 Å². The molecule has 25 heavy (non-hydrogen) atoms. The second kappa shape index (κ2) is 7.01. The van der Waals surface area contributed by atoms with Gasteiger partial charge in [0.1, 0.15) is 5.75 Å². The lowest BCUT2D eigenvalue weighted by Crippen LogP contribution is -2.17. The molecule has 3 rings (SSSR count). The molecule has 3 nitrogen and oxygen atoms in total. The zero-order valence-corrected chi connectivity index (χ0v) is 13.2. The average molecular weight is 347 g/mol. The van der Waals surface area contributed by atoms with Gasteiger partial charge in [-0.05, 0) is 42.2 Å². The predicted molar refractivity (Wildman–Crippen MR) is 88.3 cm³/mol. The molecule has 1 aliphatic rings. The summed E-state index contributed by atoms with van der Waals surface area (Å²) < 4.78 is 40.4. The smallest absolute Gasteiger partial charge is 0.406 e. The van der Waals surface area contributed by atoms with E-state index in [-0.39, 0.29) is 17.5 Å². The molecule has 0 spiro atoms. The van der Waals surface area contributed by atoms with E-state index in [1.54, 1.807) is 6.08 Å². The lowest BCUT2D eigenvalue weighted by molar-refractivity contribution is -0.274. The summed E-state index contributed by atoms with van der Waals surface area (Å²) in [4.78, 5) is 12.0. The molecule has 2 aromatic carbocycles. The molecule has 2 aromatic rings. The summed E-state index contributed by atoms with van der Waals surface area (Å²) >= 11 is 0. The maximum Gasteiger partial charge on any atom is 0.573 e. The molecule has 0 heterocycles. The monoisotopic (exact) mass is 347 g/mol. The van der Waals surface area contributed by atoms with Crippen molar-refractivity contribution < 1.29 is 22.7 Å². The van der Waals surface area contributed by atoms with Crippen molar-refractivity contribution in [2.45, 2.75) is 25.1 Å². The first-order valence-electron chi connectivity index (χ1n) is 7.80. The lowest BCUT2D eigenvalue weighted by atomic mass is 9.85.